The molecule has 4 rings (SSSR count). The van der Waals surface area contributed by atoms with E-state index in [9.17, 15) is 9.18 Å². The molecule has 3 aromatic carbocycles. The predicted octanol–water partition coefficient (Wildman–Crippen LogP) is 6.86. The van der Waals surface area contributed by atoms with Gasteiger partial charge in [0.25, 0.3) is 5.91 Å². The van der Waals surface area contributed by atoms with Crippen molar-refractivity contribution in [2.75, 3.05) is 0 Å². The van der Waals surface area contributed by atoms with Gasteiger partial charge in [0.1, 0.15) is 23.1 Å². The smallest absolute Gasteiger partial charge is 0.263 e. The molecule has 0 saturated carbocycles. The molecule has 7 heteroatoms. The zero-order chi connectivity index (χ0) is 21.1. The summed E-state index contributed by atoms with van der Waals surface area (Å²) in [5.41, 5.74) is 1.39. The number of carbonyl (C=O) groups is 1. The summed E-state index contributed by atoms with van der Waals surface area (Å²) in [6, 6.07) is 19.2. The van der Waals surface area contributed by atoms with E-state index in [2.05, 4.69) is 5.32 Å². The Morgan fingerprint density at radius 1 is 1.00 bits per heavy atom. The van der Waals surface area contributed by atoms with Crippen molar-refractivity contribution in [3.8, 4) is 5.75 Å². The van der Waals surface area contributed by atoms with Crippen LogP contribution in [0.25, 0.3) is 10.1 Å². The van der Waals surface area contributed by atoms with Gasteiger partial charge in [0.2, 0.25) is 0 Å². The number of amides is 1. The van der Waals surface area contributed by atoms with Gasteiger partial charge in [0.05, 0.1) is 10.0 Å². The zero-order valence-electron chi connectivity index (χ0n) is 15.6. The van der Waals surface area contributed by atoms with Crippen LogP contribution in [-0.4, -0.2) is 5.91 Å². The summed E-state index contributed by atoms with van der Waals surface area (Å²) in [7, 11) is 0. The van der Waals surface area contributed by atoms with Crippen molar-refractivity contribution < 1.29 is 13.9 Å². The number of rotatable bonds is 6. The van der Waals surface area contributed by atoms with Crippen molar-refractivity contribution in [2.45, 2.75) is 13.2 Å². The molecule has 4 aromatic rings. The summed E-state index contributed by atoms with van der Waals surface area (Å²) in [4.78, 5) is 13.0. The first kappa shape index (κ1) is 20.7. The number of carbonyl (C=O) groups excluding carboxylic acids is 1. The quantitative estimate of drug-likeness (QED) is 0.342. The van der Waals surface area contributed by atoms with Crippen molar-refractivity contribution in [1.29, 1.82) is 0 Å². The summed E-state index contributed by atoms with van der Waals surface area (Å²) in [5.74, 6) is 0.0747. The maximum Gasteiger partial charge on any atom is 0.263 e. The van der Waals surface area contributed by atoms with Gasteiger partial charge in [-0.1, -0.05) is 59.6 Å². The minimum atomic E-state index is -0.294. The van der Waals surface area contributed by atoms with E-state index in [4.69, 9.17) is 27.9 Å². The van der Waals surface area contributed by atoms with E-state index in [0.717, 1.165) is 10.3 Å². The second kappa shape index (κ2) is 9.04. The summed E-state index contributed by atoms with van der Waals surface area (Å²) < 4.78 is 20.2. The van der Waals surface area contributed by atoms with E-state index < -0.39 is 0 Å². The highest BCUT2D eigenvalue weighted by molar-refractivity contribution is 7.21. The van der Waals surface area contributed by atoms with E-state index in [1.165, 1.54) is 17.4 Å². The van der Waals surface area contributed by atoms with Crippen LogP contribution in [0.3, 0.4) is 0 Å². The number of hydrogen-bond donors (Lipinski definition) is 1. The average Bonchev–Trinajstić information content (AvgIpc) is 3.10. The first-order valence-electron chi connectivity index (χ1n) is 9.13. The van der Waals surface area contributed by atoms with Gasteiger partial charge < -0.3 is 10.1 Å². The van der Waals surface area contributed by atoms with Gasteiger partial charge in [-0.3, -0.25) is 4.79 Å². The van der Waals surface area contributed by atoms with Crippen LogP contribution in [0.5, 0.6) is 5.75 Å². The van der Waals surface area contributed by atoms with Gasteiger partial charge in [-0.15, -0.1) is 11.3 Å². The Morgan fingerprint density at radius 2 is 1.77 bits per heavy atom. The number of nitrogens with one attached hydrogen (secondary N) is 1. The Labute approximate surface area is 187 Å². The summed E-state index contributed by atoms with van der Waals surface area (Å²) in [6.45, 7) is 0.487. The summed E-state index contributed by atoms with van der Waals surface area (Å²) in [5, 5.41) is 4.47. The fourth-order valence-electron chi connectivity index (χ4n) is 2.96. The number of thiophene rings is 1. The first-order chi connectivity index (χ1) is 14.5. The summed E-state index contributed by atoms with van der Waals surface area (Å²) in [6.07, 6.45) is 0. The van der Waals surface area contributed by atoms with Crippen molar-refractivity contribution in [3.63, 3.8) is 0 Å². The van der Waals surface area contributed by atoms with Gasteiger partial charge in [0, 0.05) is 22.2 Å². The molecule has 0 saturated heterocycles. The van der Waals surface area contributed by atoms with Crippen molar-refractivity contribution in [1.82, 2.24) is 5.32 Å². The van der Waals surface area contributed by atoms with E-state index in [0.29, 0.717) is 38.2 Å². The number of ether oxygens (including phenoxy) is 1. The third-order valence-corrected chi connectivity index (χ3v) is 6.50. The minimum Gasteiger partial charge on any atom is -0.489 e. The molecule has 0 spiro atoms. The topological polar surface area (TPSA) is 38.3 Å². The van der Waals surface area contributed by atoms with Gasteiger partial charge in [0.15, 0.2) is 0 Å². The lowest BCUT2D eigenvalue weighted by molar-refractivity contribution is 0.0955. The second-order valence-electron chi connectivity index (χ2n) is 6.56. The molecule has 1 amide bonds. The molecular formula is C23H16Cl2FNO2S. The Kier molecular flexibility index (Phi) is 6.23. The Morgan fingerprint density at radius 3 is 2.50 bits per heavy atom. The number of fused-ring (bicyclic) bond motifs is 1. The highest BCUT2D eigenvalue weighted by Crippen LogP contribution is 2.39. The van der Waals surface area contributed by atoms with Crippen LogP contribution >= 0.6 is 34.5 Å². The molecule has 3 nitrogen and oxygen atoms in total. The molecule has 0 aliphatic rings. The van der Waals surface area contributed by atoms with Gasteiger partial charge in [-0.05, 0) is 35.9 Å². The molecule has 0 bridgehead atoms. The molecule has 0 radical (unpaired) electrons. The number of hydrogen-bond acceptors (Lipinski definition) is 3. The molecule has 1 aromatic heterocycles. The largest absolute Gasteiger partial charge is 0.489 e. The molecule has 152 valence electrons. The molecule has 0 atom stereocenters. The second-order valence-corrected chi connectivity index (χ2v) is 8.40. The van der Waals surface area contributed by atoms with Crippen molar-refractivity contribution in [2.24, 2.45) is 0 Å². The molecule has 30 heavy (non-hydrogen) atoms. The van der Waals surface area contributed by atoms with Crippen LogP contribution in [-0.2, 0) is 13.2 Å². The van der Waals surface area contributed by atoms with E-state index in [-0.39, 0.29) is 18.3 Å². The van der Waals surface area contributed by atoms with Gasteiger partial charge in [-0.25, -0.2) is 4.39 Å². The lowest BCUT2D eigenvalue weighted by Gasteiger charge is -2.09. The van der Waals surface area contributed by atoms with Crippen LogP contribution in [0.4, 0.5) is 4.39 Å². The molecule has 1 heterocycles. The van der Waals surface area contributed by atoms with Crippen molar-refractivity contribution in [3.05, 3.63) is 98.6 Å². The summed E-state index contributed by atoms with van der Waals surface area (Å²) >= 11 is 13.9. The van der Waals surface area contributed by atoms with Gasteiger partial charge in [-0.2, -0.15) is 0 Å². The lowest BCUT2D eigenvalue weighted by atomic mass is 10.2. The maximum absolute atomic E-state index is 13.7. The fourth-order valence-corrected chi connectivity index (χ4v) is 4.83. The monoisotopic (exact) mass is 459 g/mol. The van der Waals surface area contributed by atoms with Crippen LogP contribution in [0.2, 0.25) is 10.0 Å². The van der Waals surface area contributed by atoms with Crippen LogP contribution in [0.15, 0.2) is 66.7 Å². The maximum atomic E-state index is 13.7. The fraction of sp³-hybridized carbons (Fsp3) is 0.0870. The van der Waals surface area contributed by atoms with E-state index >= 15 is 0 Å². The van der Waals surface area contributed by atoms with E-state index in [1.54, 1.807) is 36.4 Å². The van der Waals surface area contributed by atoms with Crippen LogP contribution in [0, 0.1) is 5.82 Å². The number of benzene rings is 3. The Hall–Kier alpha value is -2.60. The van der Waals surface area contributed by atoms with Crippen LogP contribution in [0.1, 0.15) is 20.8 Å². The third kappa shape index (κ3) is 4.43. The standard InChI is InChI=1S/C23H16Cl2FNO2S/c24-17-5-3-7-19-20(17)21(25)22(30-19)23(28)27-12-14-8-10-16(11-9-14)29-13-15-4-1-2-6-18(15)26/h1-11H,12-13H2,(H,27,28). The van der Waals surface area contributed by atoms with E-state index in [1.807, 2.05) is 24.3 Å². The zero-order valence-corrected chi connectivity index (χ0v) is 18.0. The molecule has 0 aliphatic carbocycles. The third-order valence-electron chi connectivity index (χ3n) is 4.54. The Balaban J connectivity index is 1.37. The molecule has 0 unspecified atom stereocenters. The highest BCUT2D eigenvalue weighted by atomic mass is 35.5. The van der Waals surface area contributed by atoms with Gasteiger partial charge >= 0.3 is 0 Å². The lowest BCUT2D eigenvalue weighted by Crippen LogP contribution is -2.22. The average molecular weight is 460 g/mol. The normalized spacial score (nSPS) is 10.9. The number of halogens is 3. The predicted molar refractivity (Wildman–Crippen MR) is 120 cm³/mol. The Bertz CT molecular complexity index is 1210. The molecule has 0 fully saturated rings. The molecule has 0 aliphatic heterocycles. The van der Waals surface area contributed by atoms with Crippen molar-refractivity contribution >= 4 is 50.5 Å². The van der Waals surface area contributed by atoms with Crippen LogP contribution < -0.4 is 10.1 Å². The minimum absolute atomic E-state index is 0.149. The highest BCUT2D eigenvalue weighted by Gasteiger charge is 2.18. The molecule has 1 N–H and O–H groups in total. The SMILES string of the molecule is O=C(NCc1ccc(OCc2ccccc2F)cc1)c1sc2cccc(Cl)c2c1Cl. The molecular weight excluding hydrogens is 444 g/mol. The first-order valence-corrected chi connectivity index (χ1v) is 10.7.